The van der Waals surface area contributed by atoms with E-state index in [0.717, 1.165) is 44.2 Å². The van der Waals surface area contributed by atoms with Crippen molar-refractivity contribution in [1.82, 2.24) is 9.97 Å². The second kappa shape index (κ2) is 6.08. The molecule has 0 saturated carbocycles. The molecule has 0 aliphatic carbocycles. The summed E-state index contributed by atoms with van der Waals surface area (Å²) >= 11 is 0. The molecule has 0 spiro atoms. The highest BCUT2D eigenvalue weighted by Gasteiger charge is 2.08. The maximum atomic E-state index is 4.97. The Bertz CT molecular complexity index is 1110. The first kappa shape index (κ1) is 14.8. The van der Waals surface area contributed by atoms with Gasteiger partial charge in [0.1, 0.15) is 0 Å². The smallest absolute Gasteiger partial charge is 0.0803 e. The summed E-state index contributed by atoms with van der Waals surface area (Å²) in [7, 11) is 0. The van der Waals surface area contributed by atoms with Gasteiger partial charge in [-0.25, -0.2) is 4.98 Å². The normalized spacial score (nSPS) is 11.1. The molecular weight excluding hydrogens is 316 g/mol. The summed E-state index contributed by atoms with van der Waals surface area (Å²) in [5.41, 5.74) is 6.34. The predicted octanol–water partition coefficient (Wildman–Crippen LogP) is 6.12. The van der Waals surface area contributed by atoms with E-state index in [2.05, 4.69) is 59.6 Å². The van der Waals surface area contributed by atoms with Crippen LogP contribution < -0.4 is 0 Å². The van der Waals surface area contributed by atoms with Gasteiger partial charge in [-0.05, 0) is 23.8 Å². The van der Waals surface area contributed by atoms with Crippen LogP contribution in [0.15, 0.2) is 97.2 Å². The minimum atomic E-state index is 0.967. The van der Waals surface area contributed by atoms with Crippen molar-refractivity contribution < 1.29 is 0 Å². The van der Waals surface area contributed by atoms with Gasteiger partial charge >= 0.3 is 0 Å². The van der Waals surface area contributed by atoms with E-state index in [-0.39, 0.29) is 0 Å². The maximum absolute atomic E-state index is 4.97. The van der Waals surface area contributed by atoms with Crippen LogP contribution in [0.5, 0.6) is 0 Å². The molecule has 2 heterocycles. The lowest BCUT2D eigenvalue weighted by Gasteiger charge is -2.08. The van der Waals surface area contributed by atoms with Crippen molar-refractivity contribution in [2.75, 3.05) is 0 Å². The van der Waals surface area contributed by atoms with Gasteiger partial charge in [0.15, 0.2) is 0 Å². The van der Waals surface area contributed by atoms with E-state index in [1.165, 1.54) is 0 Å². The van der Waals surface area contributed by atoms with Crippen LogP contribution in [0.4, 0.5) is 0 Å². The lowest BCUT2D eigenvalue weighted by Crippen LogP contribution is -1.89. The van der Waals surface area contributed by atoms with Gasteiger partial charge in [0.05, 0.1) is 16.7 Å². The topological polar surface area (TPSA) is 25.8 Å². The molecule has 2 aromatic heterocycles. The van der Waals surface area contributed by atoms with E-state index in [9.17, 15) is 0 Å². The second-order valence-electron chi connectivity index (χ2n) is 6.36. The molecule has 0 atom stereocenters. The third-order valence-electron chi connectivity index (χ3n) is 4.70. The molecule has 2 heteroatoms. The Morgan fingerprint density at radius 3 is 2.04 bits per heavy atom. The van der Waals surface area contributed by atoms with Crippen LogP contribution in [0.3, 0.4) is 0 Å². The minimum absolute atomic E-state index is 0.967. The Morgan fingerprint density at radius 1 is 0.577 bits per heavy atom. The van der Waals surface area contributed by atoms with Gasteiger partial charge < -0.3 is 0 Å². The van der Waals surface area contributed by atoms with Gasteiger partial charge in [0.2, 0.25) is 0 Å². The summed E-state index contributed by atoms with van der Waals surface area (Å²) in [5, 5.41) is 2.21. The van der Waals surface area contributed by atoms with Crippen LogP contribution in [0.2, 0.25) is 0 Å². The highest BCUT2D eigenvalue weighted by Crippen LogP contribution is 2.29. The van der Waals surface area contributed by atoms with E-state index in [0.29, 0.717) is 0 Å². The van der Waals surface area contributed by atoms with Crippen molar-refractivity contribution >= 4 is 21.8 Å². The van der Waals surface area contributed by atoms with Crippen LogP contribution in [0.1, 0.15) is 0 Å². The summed E-state index contributed by atoms with van der Waals surface area (Å²) in [6.07, 6.45) is 1.94. The maximum Gasteiger partial charge on any atom is 0.0803 e. The molecule has 0 radical (unpaired) electrons. The van der Waals surface area contributed by atoms with Crippen LogP contribution in [0.25, 0.3) is 44.2 Å². The van der Waals surface area contributed by atoms with E-state index in [1.807, 2.05) is 42.6 Å². The van der Waals surface area contributed by atoms with Gasteiger partial charge in [-0.15, -0.1) is 0 Å². The standard InChI is InChI=1S/C24H16N2/c1-3-7-17(8-4-1)20-15-21-23(25-16-20)14-12-19-11-13-22(26-24(19)21)18-9-5-2-6-10-18/h1-16H. The Hall–Kier alpha value is -3.52. The van der Waals surface area contributed by atoms with Crippen LogP contribution in [-0.2, 0) is 0 Å². The fraction of sp³-hybridized carbons (Fsp3) is 0. The molecule has 0 saturated heterocycles. The molecule has 5 aromatic rings. The third-order valence-corrected chi connectivity index (χ3v) is 4.70. The van der Waals surface area contributed by atoms with E-state index >= 15 is 0 Å². The number of hydrogen-bond donors (Lipinski definition) is 0. The number of aromatic nitrogens is 2. The van der Waals surface area contributed by atoms with E-state index in [1.54, 1.807) is 0 Å². The Labute approximate surface area is 151 Å². The summed E-state index contributed by atoms with van der Waals surface area (Å²) in [4.78, 5) is 9.64. The molecule has 122 valence electrons. The Kier molecular flexibility index (Phi) is 3.46. The Balaban J connectivity index is 1.77. The number of hydrogen-bond acceptors (Lipinski definition) is 2. The van der Waals surface area contributed by atoms with Crippen LogP contribution in [-0.4, -0.2) is 9.97 Å². The van der Waals surface area contributed by atoms with Crippen molar-refractivity contribution in [1.29, 1.82) is 0 Å². The van der Waals surface area contributed by atoms with Gasteiger partial charge in [-0.1, -0.05) is 72.8 Å². The zero-order valence-corrected chi connectivity index (χ0v) is 14.1. The molecule has 0 unspecified atom stereocenters. The lowest BCUT2D eigenvalue weighted by atomic mass is 10.0. The highest BCUT2D eigenvalue weighted by atomic mass is 14.7. The average Bonchev–Trinajstić information content (AvgIpc) is 2.74. The molecule has 0 bridgehead atoms. The van der Waals surface area contributed by atoms with Gasteiger partial charge in [-0.3, -0.25) is 4.98 Å². The zero-order chi connectivity index (χ0) is 17.3. The predicted molar refractivity (Wildman–Crippen MR) is 108 cm³/mol. The molecular formula is C24H16N2. The number of rotatable bonds is 2. The van der Waals surface area contributed by atoms with Gasteiger partial charge in [-0.2, -0.15) is 0 Å². The molecule has 26 heavy (non-hydrogen) atoms. The van der Waals surface area contributed by atoms with Crippen molar-refractivity contribution in [3.8, 4) is 22.4 Å². The minimum Gasteiger partial charge on any atom is -0.256 e. The van der Waals surface area contributed by atoms with Crippen molar-refractivity contribution in [2.45, 2.75) is 0 Å². The molecule has 0 fully saturated rings. The molecule has 0 aliphatic heterocycles. The molecule has 3 aromatic carbocycles. The van der Waals surface area contributed by atoms with Gasteiger partial charge in [0.25, 0.3) is 0 Å². The van der Waals surface area contributed by atoms with E-state index < -0.39 is 0 Å². The van der Waals surface area contributed by atoms with Crippen molar-refractivity contribution in [2.24, 2.45) is 0 Å². The number of pyridine rings is 2. The highest BCUT2D eigenvalue weighted by molar-refractivity contribution is 6.05. The molecule has 0 amide bonds. The fourth-order valence-electron chi connectivity index (χ4n) is 3.34. The molecule has 2 nitrogen and oxygen atoms in total. The zero-order valence-electron chi connectivity index (χ0n) is 14.1. The summed E-state index contributed by atoms with van der Waals surface area (Å²) in [5.74, 6) is 0. The fourth-order valence-corrected chi connectivity index (χ4v) is 3.34. The lowest BCUT2D eigenvalue weighted by molar-refractivity contribution is 1.38. The van der Waals surface area contributed by atoms with E-state index in [4.69, 9.17) is 4.98 Å². The average molecular weight is 332 g/mol. The molecule has 0 N–H and O–H groups in total. The number of benzene rings is 3. The summed E-state index contributed by atoms with van der Waals surface area (Å²) < 4.78 is 0. The van der Waals surface area contributed by atoms with Gasteiger partial charge in [0, 0.05) is 28.1 Å². The summed E-state index contributed by atoms with van der Waals surface area (Å²) in [6.45, 7) is 0. The number of fused-ring (bicyclic) bond motifs is 3. The quantitative estimate of drug-likeness (QED) is 0.364. The molecule has 5 rings (SSSR count). The first-order valence-corrected chi connectivity index (χ1v) is 8.69. The Morgan fingerprint density at radius 2 is 1.27 bits per heavy atom. The number of nitrogens with zero attached hydrogens (tertiary/aromatic N) is 2. The van der Waals surface area contributed by atoms with Crippen LogP contribution in [0, 0.1) is 0 Å². The first-order chi connectivity index (χ1) is 12.9. The van der Waals surface area contributed by atoms with Crippen molar-refractivity contribution in [3.05, 3.63) is 97.2 Å². The largest absolute Gasteiger partial charge is 0.256 e. The first-order valence-electron chi connectivity index (χ1n) is 8.69. The second-order valence-corrected chi connectivity index (χ2v) is 6.36. The summed E-state index contributed by atoms with van der Waals surface area (Å²) in [6, 6.07) is 31.2. The van der Waals surface area contributed by atoms with Crippen LogP contribution >= 0.6 is 0 Å². The third kappa shape index (κ3) is 2.52. The monoisotopic (exact) mass is 332 g/mol. The van der Waals surface area contributed by atoms with Crippen molar-refractivity contribution in [3.63, 3.8) is 0 Å². The SMILES string of the molecule is c1ccc(-c2cnc3ccc4ccc(-c5ccccc5)nc4c3c2)cc1. The molecule has 0 aliphatic rings.